The normalized spacial score (nSPS) is 25.8. The number of hydrogen-bond donors (Lipinski definition) is 1. The molecule has 0 aliphatic heterocycles. The molecular formula is C18H18Cl2O. The molecule has 0 bridgehead atoms. The van der Waals surface area contributed by atoms with Crippen LogP contribution in [0, 0.1) is 0 Å². The third-order valence-electron chi connectivity index (χ3n) is 4.50. The van der Waals surface area contributed by atoms with E-state index < -0.39 is 5.60 Å². The van der Waals surface area contributed by atoms with Crippen molar-refractivity contribution < 1.29 is 5.11 Å². The van der Waals surface area contributed by atoms with E-state index in [1.165, 1.54) is 5.56 Å². The summed E-state index contributed by atoms with van der Waals surface area (Å²) in [5.74, 6) is 0.102. The first-order chi connectivity index (χ1) is 10.1. The number of benzene rings is 2. The van der Waals surface area contributed by atoms with Crippen LogP contribution in [0.5, 0.6) is 0 Å². The van der Waals surface area contributed by atoms with E-state index in [0.717, 1.165) is 31.2 Å². The number of rotatable bonds is 2. The molecular weight excluding hydrogens is 303 g/mol. The second-order valence-electron chi connectivity index (χ2n) is 5.76. The molecule has 1 aliphatic carbocycles. The molecule has 1 nitrogen and oxygen atoms in total. The first-order valence-corrected chi connectivity index (χ1v) is 8.10. The molecule has 2 unspecified atom stereocenters. The number of halogens is 2. The molecule has 1 fully saturated rings. The molecule has 0 radical (unpaired) electrons. The summed E-state index contributed by atoms with van der Waals surface area (Å²) in [4.78, 5) is 0. The quantitative estimate of drug-likeness (QED) is 0.770. The van der Waals surface area contributed by atoms with Crippen LogP contribution in [0.15, 0.2) is 48.5 Å². The predicted octanol–water partition coefficient (Wildman–Crippen LogP) is 5.54. The highest BCUT2D eigenvalue weighted by atomic mass is 35.5. The molecule has 0 heterocycles. The van der Waals surface area contributed by atoms with Crippen molar-refractivity contribution in [2.75, 3.05) is 0 Å². The first-order valence-electron chi connectivity index (χ1n) is 7.34. The molecule has 1 aliphatic rings. The number of hydrogen-bond acceptors (Lipinski definition) is 1. The van der Waals surface area contributed by atoms with Crippen molar-refractivity contribution in [2.24, 2.45) is 0 Å². The Bertz CT molecular complexity index is 626. The van der Waals surface area contributed by atoms with Crippen LogP contribution >= 0.6 is 23.2 Å². The molecule has 2 atom stereocenters. The Kier molecular flexibility index (Phi) is 4.26. The summed E-state index contributed by atoms with van der Waals surface area (Å²) < 4.78 is 0. The summed E-state index contributed by atoms with van der Waals surface area (Å²) in [6, 6.07) is 15.7. The van der Waals surface area contributed by atoms with Crippen molar-refractivity contribution in [3.05, 3.63) is 69.7 Å². The highest BCUT2D eigenvalue weighted by Gasteiger charge is 2.41. The van der Waals surface area contributed by atoms with E-state index in [2.05, 4.69) is 12.1 Å². The third kappa shape index (κ3) is 2.83. The van der Waals surface area contributed by atoms with Crippen molar-refractivity contribution in [2.45, 2.75) is 37.2 Å². The lowest BCUT2D eigenvalue weighted by Gasteiger charge is -2.41. The highest BCUT2D eigenvalue weighted by Crippen LogP contribution is 2.48. The summed E-state index contributed by atoms with van der Waals surface area (Å²) in [5.41, 5.74) is 1.18. The Balaban J connectivity index is 2.04. The Labute approximate surface area is 135 Å². The van der Waals surface area contributed by atoms with Gasteiger partial charge in [0.15, 0.2) is 0 Å². The molecule has 0 spiro atoms. The van der Waals surface area contributed by atoms with E-state index in [-0.39, 0.29) is 5.92 Å². The minimum atomic E-state index is -0.867. The SMILES string of the molecule is OC1(c2ccc(Cl)c(Cl)c2)CCCCC1c1ccccc1. The monoisotopic (exact) mass is 320 g/mol. The van der Waals surface area contributed by atoms with Gasteiger partial charge < -0.3 is 5.11 Å². The van der Waals surface area contributed by atoms with E-state index in [0.29, 0.717) is 10.0 Å². The number of aliphatic hydroxyl groups is 1. The van der Waals surface area contributed by atoms with E-state index in [1.54, 1.807) is 6.07 Å². The van der Waals surface area contributed by atoms with Crippen molar-refractivity contribution >= 4 is 23.2 Å². The lowest BCUT2D eigenvalue weighted by atomic mass is 9.69. The van der Waals surface area contributed by atoms with Gasteiger partial charge in [-0.1, -0.05) is 72.4 Å². The molecule has 2 aromatic carbocycles. The molecule has 1 saturated carbocycles. The van der Waals surface area contributed by atoms with Crippen LogP contribution in [0.4, 0.5) is 0 Å². The van der Waals surface area contributed by atoms with Gasteiger partial charge in [-0.3, -0.25) is 0 Å². The maximum Gasteiger partial charge on any atom is 0.0965 e. The average Bonchev–Trinajstić information content (AvgIpc) is 2.51. The van der Waals surface area contributed by atoms with Crippen LogP contribution in [0.3, 0.4) is 0 Å². The van der Waals surface area contributed by atoms with Gasteiger partial charge >= 0.3 is 0 Å². The third-order valence-corrected chi connectivity index (χ3v) is 5.24. The Morgan fingerprint density at radius 1 is 0.952 bits per heavy atom. The predicted molar refractivity (Wildman–Crippen MR) is 88.0 cm³/mol. The van der Waals surface area contributed by atoms with Gasteiger partial charge in [-0.05, 0) is 36.1 Å². The minimum Gasteiger partial charge on any atom is -0.385 e. The van der Waals surface area contributed by atoms with Crippen molar-refractivity contribution in [1.82, 2.24) is 0 Å². The zero-order chi connectivity index (χ0) is 14.9. The van der Waals surface area contributed by atoms with Crippen molar-refractivity contribution in [3.8, 4) is 0 Å². The molecule has 2 aromatic rings. The smallest absolute Gasteiger partial charge is 0.0965 e. The molecule has 0 aromatic heterocycles. The van der Waals surface area contributed by atoms with E-state index in [9.17, 15) is 5.11 Å². The van der Waals surface area contributed by atoms with Gasteiger partial charge in [-0.2, -0.15) is 0 Å². The minimum absolute atomic E-state index is 0.102. The average molecular weight is 321 g/mol. The second-order valence-corrected chi connectivity index (χ2v) is 6.58. The fraction of sp³-hybridized carbons (Fsp3) is 0.333. The summed E-state index contributed by atoms with van der Waals surface area (Å²) in [6.45, 7) is 0. The molecule has 3 rings (SSSR count). The molecule has 110 valence electrons. The molecule has 0 saturated heterocycles. The molecule has 3 heteroatoms. The first kappa shape index (κ1) is 14.9. The lowest BCUT2D eigenvalue weighted by Crippen LogP contribution is -2.36. The standard InChI is InChI=1S/C18H18Cl2O/c19-16-10-9-14(12-17(16)20)18(21)11-5-4-8-15(18)13-6-2-1-3-7-13/h1-3,6-7,9-10,12,15,21H,4-5,8,11H2. The van der Waals surface area contributed by atoms with Gasteiger partial charge in [0.05, 0.1) is 15.6 Å². The topological polar surface area (TPSA) is 20.2 Å². The highest BCUT2D eigenvalue weighted by molar-refractivity contribution is 6.42. The largest absolute Gasteiger partial charge is 0.385 e. The second kappa shape index (κ2) is 6.00. The maximum absolute atomic E-state index is 11.4. The summed E-state index contributed by atoms with van der Waals surface area (Å²) in [6.07, 6.45) is 3.91. The van der Waals surface area contributed by atoms with Crippen LogP contribution < -0.4 is 0 Å². The molecule has 0 amide bonds. The van der Waals surface area contributed by atoms with Crippen molar-refractivity contribution in [1.29, 1.82) is 0 Å². The Hall–Kier alpha value is -1.02. The van der Waals surface area contributed by atoms with E-state index in [4.69, 9.17) is 23.2 Å². The summed E-state index contributed by atoms with van der Waals surface area (Å²) in [5, 5.41) is 12.4. The van der Waals surface area contributed by atoms with E-state index in [1.807, 2.05) is 30.3 Å². The van der Waals surface area contributed by atoms with Crippen LogP contribution in [-0.4, -0.2) is 5.11 Å². The van der Waals surface area contributed by atoms with Gasteiger partial charge in [0.2, 0.25) is 0 Å². The van der Waals surface area contributed by atoms with Crippen molar-refractivity contribution in [3.63, 3.8) is 0 Å². The van der Waals surface area contributed by atoms with Gasteiger partial charge in [-0.15, -0.1) is 0 Å². The van der Waals surface area contributed by atoms with E-state index >= 15 is 0 Å². The zero-order valence-electron chi connectivity index (χ0n) is 11.7. The fourth-order valence-electron chi connectivity index (χ4n) is 3.39. The zero-order valence-corrected chi connectivity index (χ0v) is 13.2. The van der Waals surface area contributed by atoms with Gasteiger partial charge in [0.1, 0.15) is 0 Å². The van der Waals surface area contributed by atoms with Crippen LogP contribution in [0.2, 0.25) is 10.0 Å². The van der Waals surface area contributed by atoms with Gasteiger partial charge in [-0.25, -0.2) is 0 Å². The van der Waals surface area contributed by atoms with Gasteiger partial charge in [0.25, 0.3) is 0 Å². The fourth-order valence-corrected chi connectivity index (χ4v) is 3.69. The Morgan fingerprint density at radius 2 is 1.71 bits per heavy atom. The maximum atomic E-state index is 11.4. The van der Waals surface area contributed by atoms with Gasteiger partial charge in [0, 0.05) is 5.92 Å². The summed E-state index contributed by atoms with van der Waals surface area (Å²) >= 11 is 12.2. The summed E-state index contributed by atoms with van der Waals surface area (Å²) in [7, 11) is 0. The molecule has 1 N–H and O–H groups in total. The van der Waals surface area contributed by atoms with Crippen LogP contribution in [0.1, 0.15) is 42.7 Å². The Morgan fingerprint density at radius 3 is 2.43 bits per heavy atom. The lowest BCUT2D eigenvalue weighted by molar-refractivity contribution is -0.0224. The van der Waals surface area contributed by atoms with Crippen LogP contribution in [-0.2, 0) is 5.60 Å². The van der Waals surface area contributed by atoms with Crippen LogP contribution in [0.25, 0.3) is 0 Å². The molecule has 21 heavy (non-hydrogen) atoms.